The molecule has 0 unspecified atom stereocenters. The van der Waals surface area contributed by atoms with Gasteiger partial charge in [0.15, 0.2) is 0 Å². The van der Waals surface area contributed by atoms with Crippen molar-refractivity contribution in [3.63, 3.8) is 0 Å². The van der Waals surface area contributed by atoms with E-state index in [0.29, 0.717) is 25.8 Å². The lowest BCUT2D eigenvalue weighted by molar-refractivity contribution is -0.144. The highest BCUT2D eigenvalue weighted by atomic mass is 16.4. The van der Waals surface area contributed by atoms with Crippen LogP contribution >= 0.6 is 0 Å². The summed E-state index contributed by atoms with van der Waals surface area (Å²) in [6, 6.07) is -4.11. The third-order valence-corrected chi connectivity index (χ3v) is 3.56. The van der Waals surface area contributed by atoms with Gasteiger partial charge in [0.2, 0.25) is 17.7 Å². The number of carboxylic acid groups (broad SMARTS) is 2. The van der Waals surface area contributed by atoms with E-state index in [1.165, 1.54) is 0 Å². The molecule has 3 amide bonds. The molecular weight excluding hydrogens is 378 g/mol. The summed E-state index contributed by atoms with van der Waals surface area (Å²) in [6.45, 7) is -1.02. The molecule has 13 nitrogen and oxygen atoms in total. The Bertz CT molecular complexity index is 571. The van der Waals surface area contributed by atoms with Crippen LogP contribution in [0, 0.1) is 0 Å². The topological polar surface area (TPSA) is 234 Å². The number of nitrogens with two attached hydrogens (primary N) is 2. The molecule has 0 heterocycles. The molecule has 3 atom stereocenters. The van der Waals surface area contributed by atoms with Gasteiger partial charge in [0, 0.05) is 0 Å². The summed E-state index contributed by atoms with van der Waals surface area (Å²) in [4.78, 5) is 57.4. The van der Waals surface area contributed by atoms with Crippen molar-refractivity contribution in [3.05, 3.63) is 0 Å². The second-order valence-corrected chi connectivity index (χ2v) is 5.91. The maximum absolute atomic E-state index is 12.0. The van der Waals surface area contributed by atoms with E-state index in [0.717, 1.165) is 0 Å². The Morgan fingerprint density at radius 2 is 1.57 bits per heavy atom. The van der Waals surface area contributed by atoms with Crippen LogP contribution < -0.4 is 27.4 Å². The molecule has 0 aliphatic rings. The Balaban J connectivity index is 4.68. The van der Waals surface area contributed by atoms with E-state index < -0.39 is 67.4 Å². The average Bonchev–Trinajstić information content (AvgIpc) is 2.62. The molecule has 0 bridgehead atoms. The average molecular weight is 405 g/mol. The lowest BCUT2D eigenvalue weighted by Crippen LogP contribution is -2.55. The fraction of sp³-hybridized carbons (Fsp3) is 0.667. The number of hydrogen-bond acceptors (Lipinski definition) is 8. The van der Waals surface area contributed by atoms with Gasteiger partial charge in [0.05, 0.1) is 25.6 Å². The molecule has 0 aromatic rings. The summed E-state index contributed by atoms with van der Waals surface area (Å²) in [6.07, 6.45) is 0.862. The molecular formula is C15H27N5O8. The third kappa shape index (κ3) is 10.4. The van der Waals surface area contributed by atoms with Gasteiger partial charge in [0.1, 0.15) is 12.1 Å². The van der Waals surface area contributed by atoms with Crippen molar-refractivity contribution in [1.82, 2.24) is 16.0 Å². The molecule has 13 heteroatoms. The van der Waals surface area contributed by atoms with Crippen LogP contribution in [0.15, 0.2) is 0 Å². The standard InChI is InChI=1S/C15H27N5O8/c16-4-2-1-3-8(17)13(25)18-6-11(22)19-9(5-12(23)24)14(26)20-10(7-21)15(27)28/h8-10,21H,1-7,16-17H2,(H,18,25)(H,19,22)(H,20,26)(H,23,24)(H,27,28)/t8-,9-,10-/m0/s1. The molecule has 0 aromatic carbocycles. The van der Waals surface area contributed by atoms with Crippen LogP contribution in [0.25, 0.3) is 0 Å². The Hall–Kier alpha value is -2.77. The van der Waals surface area contributed by atoms with Crippen LogP contribution in [-0.4, -0.2) is 82.8 Å². The first kappa shape index (κ1) is 25.2. The maximum atomic E-state index is 12.0. The Labute approximate surface area is 160 Å². The highest BCUT2D eigenvalue weighted by Gasteiger charge is 2.28. The van der Waals surface area contributed by atoms with Crippen LogP contribution in [-0.2, 0) is 24.0 Å². The molecule has 28 heavy (non-hydrogen) atoms. The number of amides is 3. The van der Waals surface area contributed by atoms with E-state index >= 15 is 0 Å². The van der Waals surface area contributed by atoms with Crippen LogP contribution in [0.2, 0.25) is 0 Å². The number of carboxylic acids is 2. The van der Waals surface area contributed by atoms with Gasteiger partial charge in [-0.25, -0.2) is 4.79 Å². The molecule has 160 valence electrons. The van der Waals surface area contributed by atoms with Crippen molar-refractivity contribution in [2.24, 2.45) is 11.5 Å². The van der Waals surface area contributed by atoms with Crippen LogP contribution in [0.5, 0.6) is 0 Å². The van der Waals surface area contributed by atoms with E-state index in [1.54, 1.807) is 0 Å². The minimum absolute atomic E-state index is 0.367. The van der Waals surface area contributed by atoms with Gasteiger partial charge in [0.25, 0.3) is 0 Å². The summed E-state index contributed by atoms with van der Waals surface area (Å²) < 4.78 is 0. The Morgan fingerprint density at radius 3 is 2.07 bits per heavy atom. The molecule has 10 N–H and O–H groups in total. The number of rotatable bonds is 14. The number of aliphatic hydroxyl groups excluding tert-OH is 1. The van der Waals surface area contributed by atoms with Crippen molar-refractivity contribution < 1.29 is 39.3 Å². The normalized spacial score (nSPS) is 13.7. The highest BCUT2D eigenvalue weighted by Crippen LogP contribution is 1.98. The summed E-state index contributed by atoms with van der Waals surface area (Å²) in [5.41, 5.74) is 11.0. The zero-order chi connectivity index (χ0) is 21.7. The largest absolute Gasteiger partial charge is 0.481 e. The van der Waals surface area contributed by atoms with E-state index in [4.69, 9.17) is 26.8 Å². The first-order chi connectivity index (χ1) is 13.1. The van der Waals surface area contributed by atoms with Crippen molar-refractivity contribution in [3.8, 4) is 0 Å². The van der Waals surface area contributed by atoms with Gasteiger partial charge in [-0.1, -0.05) is 6.42 Å². The molecule has 0 radical (unpaired) electrons. The molecule has 0 aromatic heterocycles. The third-order valence-electron chi connectivity index (χ3n) is 3.56. The number of aliphatic hydroxyl groups is 1. The van der Waals surface area contributed by atoms with Gasteiger partial charge in [-0.2, -0.15) is 0 Å². The van der Waals surface area contributed by atoms with Gasteiger partial charge in [-0.15, -0.1) is 0 Å². The smallest absolute Gasteiger partial charge is 0.328 e. The minimum atomic E-state index is -1.66. The molecule has 0 rings (SSSR count). The van der Waals surface area contributed by atoms with Crippen LogP contribution in [0.1, 0.15) is 25.7 Å². The van der Waals surface area contributed by atoms with E-state index in [9.17, 15) is 24.0 Å². The first-order valence-corrected chi connectivity index (χ1v) is 8.50. The van der Waals surface area contributed by atoms with Gasteiger partial charge >= 0.3 is 11.9 Å². The van der Waals surface area contributed by atoms with E-state index in [2.05, 4.69) is 10.6 Å². The molecule has 0 aliphatic heterocycles. The number of hydrogen-bond donors (Lipinski definition) is 8. The van der Waals surface area contributed by atoms with E-state index in [1.807, 2.05) is 5.32 Å². The number of unbranched alkanes of at least 4 members (excludes halogenated alkanes) is 1. The van der Waals surface area contributed by atoms with Crippen molar-refractivity contribution >= 4 is 29.7 Å². The predicted octanol–water partition coefficient (Wildman–Crippen LogP) is -3.92. The van der Waals surface area contributed by atoms with E-state index in [-0.39, 0.29) is 0 Å². The SMILES string of the molecule is NCCCC[C@H](N)C(=O)NCC(=O)N[C@@H](CC(=O)O)C(=O)N[C@@H](CO)C(=O)O. The van der Waals surface area contributed by atoms with Crippen molar-refractivity contribution in [1.29, 1.82) is 0 Å². The minimum Gasteiger partial charge on any atom is -0.481 e. The van der Waals surface area contributed by atoms with Gasteiger partial charge < -0.3 is 42.7 Å². The molecule has 0 saturated heterocycles. The van der Waals surface area contributed by atoms with Crippen LogP contribution in [0.3, 0.4) is 0 Å². The molecule has 0 spiro atoms. The highest BCUT2D eigenvalue weighted by molar-refractivity contribution is 5.94. The Kier molecular flexibility index (Phi) is 12.1. The number of carbonyl (C=O) groups is 5. The van der Waals surface area contributed by atoms with Crippen molar-refractivity contribution in [2.45, 2.75) is 43.8 Å². The zero-order valence-electron chi connectivity index (χ0n) is 15.2. The fourth-order valence-electron chi connectivity index (χ4n) is 2.03. The number of aliphatic carboxylic acids is 2. The van der Waals surface area contributed by atoms with Gasteiger partial charge in [-0.3, -0.25) is 19.2 Å². The summed E-state index contributed by atoms with van der Waals surface area (Å²) in [7, 11) is 0. The summed E-state index contributed by atoms with van der Waals surface area (Å²) >= 11 is 0. The second kappa shape index (κ2) is 13.4. The van der Waals surface area contributed by atoms with Crippen molar-refractivity contribution in [2.75, 3.05) is 19.7 Å². The molecule has 0 fully saturated rings. The predicted molar refractivity (Wildman–Crippen MR) is 94.7 cm³/mol. The van der Waals surface area contributed by atoms with Crippen LogP contribution in [0.4, 0.5) is 0 Å². The molecule has 0 saturated carbocycles. The fourth-order valence-corrected chi connectivity index (χ4v) is 2.03. The zero-order valence-corrected chi connectivity index (χ0v) is 15.2. The molecule has 0 aliphatic carbocycles. The maximum Gasteiger partial charge on any atom is 0.328 e. The number of carbonyl (C=O) groups excluding carboxylic acids is 3. The second-order valence-electron chi connectivity index (χ2n) is 5.91. The summed E-state index contributed by atoms with van der Waals surface area (Å²) in [5, 5.41) is 32.8. The Morgan fingerprint density at radius 1 is 0.929 bits per heavy atom. The van der Waals surface area contributed by atoms with Gasteiger partial charge in [-0.05, 0) is 19.4 Å². The summed E-state index contributed by atoms with van der Waals surface area (Å²) in [5.74, 6) is -5.55. The quantitative estimate of drug-likeness (QED) is 0.131. The first-order valence-electron chi connectivity index (χ1n) is 8.50. The monoisotopic (exact) mass is 405 g/mol. The lowest BCUT2D eigenvalue weighted by atomic mass is 10.1. The lowest BCUT2D eigenvalue weighted by Gasteiger charge is -2.19. The number of nitrogens with one attached hydrogen (secondary N) is 3.